The van der Waals surface area contributed by atoms with Crippen molar-refractivity contribution in [1.82, 2.24) is 0 Å². The number of nitrogens with two attached hydrogens (primary N) is 1. The number of ketones is 1. The summed E-state index contributed by atoms with van der Waals surface area (Å²) in [5.41, 5.74) is 7.06. The normalized spacial score (nSPS) is 10.3. The van der Waals surface area contributed by atoms with E-state index in [0.717, 1.165) is 18.4 Å². The van der Waals surface area contributed by atoms with Gasteiger partial charge in [0.05, 0.1) is 0 Å². The van der Waals surface area contributed by atoms with E-state index in [1.165, 1.54) is 19.3 Å². The van der Waals surface area contributed by atoms with Crippen molar-refractivity contribution in [3.63, 3.8) is 0 Å². The lowest BCUT2D eigenvalue weighted by atomic mass is 10.0. The molecule has 0 aliphatic rings. The first-order valence-corrected chi connectivity index (χ1v) is 6.12. The minimum atomic E-state index is 0.233. The summed E-state index contributed by atoms with van der Waals surface area (Å²) in [6, 6.07) is 7.18. The predicted octanol–water partition coefficient (Wildman–Crippen LogP) is 3.81. The molecule has 0 heterocycles. The number of nitrogen functional groups attached to an aromatic ring is 1. The van der Waals surface area contributed by atoms with E-state index < -0.39 is 0 Å². The second-order valence-electron chi connectivity index (χ2n) is 4.21. The van der Waals surface area contributed by atoms with Gasteiger partial charge < -0.3 is 5.73 Å². The summed E-state index contributed by atoms with van der Waals surface area (Å²) in [5.74, 6) is 0.233. The molecule has 0 aliphatic carbocycles. The van der Waals surface area contributed by atoms with E-state index >= 15 is 0 Å². The van der Waals surface area contributed by atoms with Crippen LogP contribution in [0.4, 0.5) is 5.69 Å². The Balaban J connectivity index is 2.27. The van der Waals surface area contributed by atoms with Crippen LogP contribution in [0.15, 0.2) is 24.3 Å². The molecule has 2 N–H and O–H groups in total. The van der Waals surface area contributed by atoms with Crippen LogP contribution in [-0.2, 0) is 0 Å². The molecule has 0 radical (unpaired) electrons. The third kappa shape index (κ3) is 4.47. The molecule has 16 heavy (non-hydrogen) atoms. The first-order chi connectivity index (χ1) is 7.74. The summed E-state index contributed by atoms with van der Waals surface area (Å²) >= 11 is 0. The fourth-order valence-electron chi connectivity index (χ4n) is 1.70. The Hall–Kier alpha value is -1.31. The lowest BCUT2D eigenvalue weighted by Gasteiger charge is -2.01. The van der Waals surface area contributed by atoms with Crippen LogP contribution >= 0.6 is 0 Å². The van der Waals surface area contributed by atoms with Crippen LogP contribution in [-0.4, -0.2) is 5.78 Å². The van der Waals surface area contributed by atoms with Gasteiger partial charge in [0.1, 0.15) is 0 Å². The molecule has 0 unspecified atom stereocenters. The molecular formula is C14H21NO. The van der Waals surface area contributed by atoms with Gasteiger partial charge in [0.2, 0.25) is 0 Å². The summed E-state index contributed by atoms with van der Waals surface area (Å²) in [6.45, 7) is 2.19. The topological polar surface area (TPSA) is 43.1 Å². The van der Waals surface area contributed by atoms with Crippen LogP contribution in [0.3, 0.4) is 0 Å². The van der Waals surface area contributed by atoms with Crippen LogP contribution in [0.1, 0.15) is 55.8 Å². The summed E-state index contributed by atoms with van der Waals surface area (Å²) in [6.07, 6.45) is 6.58. The second kappa shape index (κ2) is 7.04. The highest BCUT2D eigenvalue weighted by Gasteiger charge is 2.04. The highest BCUT2D eigenvalue weighted by molar-refractivity contribution is 5.96. The fourth-order valence-corrected chi connectivity index (χ4v) is 1.70. The number of Topliss-reactive ketones (excluding diaryl/α,β-unsaturated/α-hetero) is 1. The zero-order valence-corrected chi connectivity index (χ0v) is 10.0. The average Bonchev–Trinajstić information content (AvgIpc) is 2.29. The number of rotatable bonds is 7. The van der Waals surface area contributed by atoms with Gasteiger partial charge >= 0.3 is 0 Å². The highest BCUT2D eigenvalue weighted by Crippen LogP contribution is 2.11. The van der Waals surface area contributed by atoms with Crippen molar-refractivity contribution < 1.29 is 4.79 Å². The van der Waals surface area contributed by atoms with E-state index in [4.69, 9.17) is 5.73 Å². The van der Waals surface area contributed by atoms with E-state index in [1.54, 1.807) is 12.1 Å². The zero-order valence-electron chi connectivity index (χ0n) is 10.0. The van der Waals surface area contributed by atoms with Gasteiger partial charge in [0.15, 0.2) is 5.78 Å². The number of benzene rings is 1. The van der Waals surface area contributed by atoms with Crippen LogP contribution in [0.5, 0.6) is 0 Å². The van der Waals surface area contributed by atoms with Crippen LogP contribution in [0.25, 0.3) is 0 Å². The number of carbonyl (C=O) groups is 1. The molecule has 0 aromatic heterocycles. The standard InChI is InChI=1S/C14H21NO/c1-2-3-4-5-6-7-14(16)12-8-10-13(15)11-9-12/h8-11H,2-7,15H2,1H3. The second-order valence-corrected chi connectivity index (χ2v) is 4.21. The zero-order chi connectivity index (χ0) is 11.8. The van der Waals surface area contributed by atoms with E-state index in [0.29, 0.717) is 12.1 Å². The summed E-state index contributed by atoms with van der Waals surface area (Å²) in [4.78, 5) is 11.7. The lowest BCUT2D eigenvalue weighted by molar-refractivity contribution is 0.0979. The average molecular weight is 219 g/mol. The Morgan fingerprint density at radius 1 is 1.06 bits per heavy atom. The first kappa shape index (κ1) is 12.8. The van der Waals surface area contributed by atoms with Gasteiger partial charge in [-0.3, -0.25) is 4.79 Å². The van der Waals surface area contributed by atoms with Gasteiger partial charge in [-0.05, 0) is 30.7 Å². The van der Waals surface area contributed by atoms with Gasteiger partial charge in [0, 0.05) is 17.7 Å². The molecule has 0 bridgehead atoms. The molecule has 0 saturated carbocycles. The number of hydrogen-bond donors (Lipinski definition) is 1. The molecule has 1 aromatic rings. The van der Waals surface area contributed by atoms with Crippen molar-refractivity contribution in [2.75, 3.05) is 5.73 Å². The van der Waals surface area contributed by atoms with Crippen LogP contribution in [0, 0.1) is 0 Å². The van der Waals surface area contributed by atoms with Crippen LogP contribution < -0.4 is 5.73 Å². The molecule has 2 nitrogen and oxygen atoms in total. The van der Waals surface area contributed by atoms with Gasteiger partial charge in [-0.1, -0.05) is 32.6 Å². The molecular weight excluding hydrogens is 198 g/mol. The Kier molecular flexibility index (Phi) is 5.62. The molecule has 0 spiro atoms. The Morgan fingerprint density at radius 3 is 2.31 bits per heavy atom. The van der Waals surface area contributed by atoms with Gasteiger partial charge in [-0.25, -0.2) is 0 Å². The van der Waals surface area contributed by atoms with Crippen molar-refractivity contribution in [3.05, 3.63) is 29.8 Å². The molecule has 0 aliphatic heterocycles. The third-order valence-corrected chi connectivity index (χ3v) is 2.74. The maximum Gasteiger partial charge on any atom is 0.162 e. The van der Waals surface area contributed by atoms with E-state index in [1.807, 2.05) is 12.1 Å². The number of anilines is 1. The molecule has 1 rings (SSSR count). The minimum absolute atomic E-state index is 0.233. The maximum atomic E-state index is 11.7. The smallest absolute Gasteiger partial charge is 0.162 e. The maximum absolute atomic E-state index is 11.7. The summed E-state index contributed by atoms with van der Waals surface area (Å²) in [7, 11) is 0. The fraction of sp³-hybridized carbons (Fsp3) is 0.500. The van der Waals surface area contributed by atoms with Gasteiger partial charge in [-0.2, -0.15) is 0 Å². The van der Waals surface area contributed by atoms with Gasteiger partial charge in [-0.15, -0.1) is 0 Å². The molecule has 88 valence electrons. The van der Waals surface area contributed by atoms with Crippen molar-refractivity contribution in [2.24, 2.45) is 0 Å². The van der Waals surface area contributed by atoms with E-state index in [-0.39, 0.29) is 5.78 Å². The monoisotopic (exact) mass is 219 g/mol. The molecule has 0 atom stereocenters. The predicted molar refractivity (Wildman–Crippen MR) is 68.6 cm³/mol. The van der Waals surface area contributed by atoms with Crippen molar-refractivity contribution >= 4 is 11.5 Å². The molecule has 0 fully saturated rings. The summed E-state index contributed by atoms with van der Waals surface area (Å²) in [5, 5.41) is 0. The summed E-state index contributed by atoms with van der Waals surface area (Å²) < 4.78 is 0. The Morgan fingerprint density at radius 2 is 1.69 bits per heavy atom. The van der Waals surface area contributed by atoms with E-state index in [2.05, 4.69) is 6.92 Å². The minimum Gasteiger partial charge on any atom is -0.399 e. The first-order valence-electron chi connectivity index (χ1n) is 6.12. The number of hydrogen-bond acceptors (Lipinski definition) is 2. The number of unbranched alkanes of at least 4 members (excludes halogenated alkanes) is 4. The van der Waals surface area contributed by atoms with Crippen molar-refractivity contribution in [1.29, 1.82) is 0 Å². The number of carbonyl (C=O) groups excluding carboxylic acids is 1. The molecule has 2 heteroatoms. The SMILES string of the molecule is CCCCCCCC(=O)c1ccc(N)cc1. The van der Waals surface area contributed by atoms with Crippen LogP contribution in [0.2, 0.25) is 0 Å². The van der Waals surface area contributed by atoms with Crippen molar-refractivity contribution in [2.45, 2.75) is 45.4 Å². The van der Waals surface area contributed by atoms with Gasteiger partial charge in [0.25, 0.3) is 0 Å². The quantitative estimate of drug-likeness (QED) is 0.430. The Labute approximate surface area is 97.9 Å². The lowest BCUT2D eigenvalue weighted by Crippen LogP contribution is -1.99. The van der Waals surface area contributed by atoms with Crippen molar-refractivity contribution in [3.8, 4) is 0 Å². The van der Waals surface area contributed by atoms with E-state index in [9.17, 15) is 4.79 Å². The largest absolute Gasteiger partial charge is 0.399 e. The molecule has 1 aromatic carbocycles. The molecule has 0 amide bonds. The Bertz CT molecular complexity index is 316. The third-order valence-electron chi connectivity index (χ3n) is 2.74. The highest BCUT2D eigenvalue weighted by atomic mass is 16.1. The molecule has 0 saturated heterocycles.